The van der Waals surface area contributed by atoms with Gasteiger partial charge in [0, 0.05) is 24.8 Å². The molecule has 1 amide bonds. The molecule has 2 rings (SSSR count). The van der Waals surface area contributed by atoms with Crippen LogP contribution in [0.5, 0.6) is 0 Å². The molecule has 0 radical (unpaired) electrons. The zero-order chi connectivity index (χ0) is 16.1. The van der Waals surface area contributed by atoms with Crippen molar-refractivity contribution in [1.82, 2.24) is 14.9 Å². The van der Waals surface area contributed by atoms with Gasteiger partial charge in [-0.3, -0.25) is 4.79 Å². The second-order valence-electron chi connectivity index (χ2n) is 4.80. The summed E-state index contributed by atoms with van der Waals surface area (Å²) in [4.78, 5) is 22.5. The minimum Gasteiger partial charge on any atom is -0.340 e. The van der Waals surface area contributed by atoms with Crippen molar-refractivity contribution in [3.63, 3.8) is 0 Å². The lowest BCUT2D eigenvalue weighted by molar-refractivity contribution is 0.0766. The molecule has 0 fully saturated rings. The van der Waals surface area contributed by atoms with Crippen LogP contribution in [0.3, 0.4) is 0 Å². The zero-order valence-corrected chi connectivity index (χ0v) is 12.9. The molecule has 6 heteroatoms. The minimum absolute atomic E-state index is 0.141. The Bertz CT molecular complexity index is 671. The first-order chi connectivity index (χ1) is 10.5. The van der Waals surface area contributed by atoms with Crippen molar-refractivity contribution in [2.24, 2.45) is 0 Å². The molecule has 0 spiro atoms. The molecule has 0 bridgehead atoms. The second-order valence-corrected chi connectivity index (χ2v) is 4.80. The minimum atomic E-state index is -0.338. The average molecular weight is 302 g/mol. The van der Waals surface area contributed by atoms with Crippen LogP contribution in [0.4, 0.5) is 15.9 Å². The average Bonchev–Trinajstić information content (AvgIpc) is 2.47. The summed E-state index contributed by atoms with van der Waals surface area (Å²) in [6, 6.07) is 7.65. The maximum absolute atomic E-state index is 13.2. The Morgan fingerprint density at radius 2 is 1.95 bits per heavy atom. The Morgan fingerprint density at radius 1 is 1.23 bits per heavy atom. The normalized spacial score (nSPS) is 10.4. The highest BCUT2D eigenvalue weighted by molar-refractivity contribution is 5.93. The lowest BCUT2D eigenvalue weighted by atomic mass is 10.3. The summed E-state index contributed by atoms with van der Waals surface area (Å²) in [6.07, 6.45) is 0. The number of carbonyl (C=O) groups is 1. The number of amides is 1. The molecule has 0 atom stereocenters. The van der Waals surface area contributed by atoms with E-state index in [0.717, 1.165) is 0 Å². The number of anilines is 2. The first-order valence-electron chi connectivity index (χ1n) is 7.21. The van der Waals surface area contributed by atoms with Gasteiger partial charge in [0.1, 0.15) is 23.2 Å². The molecule has 0 aliphatic carbocycles. The predicted molar refractivity (Wildman–Crippen MR) is 83.7 cm³/mol. The van der Waals surface area contributed by atoms with Crippen molar-refractivity contribution in [3.8, 4) is 0 Å². The topological polar surface area (TPSA) is 58.1 Å². The van der Waals surface area contributed by atoms with Gasteiger partial charge >= 0.3 is 0 Å². The van der Waals surface area contributed by atoms with Crippen LogP contribution in [0, 0.1) is 12.7 Å². The lowest BCUT2D eigenvalue weighted by Crippen LogP contribution is -2.31. The molecule has 1 heterocycles. The van der Waals surface area contributed by atoms with Crippen LogP contribution in [0.15, 0.2) is 30.3 Å². The Balaban J connectivity index is 2.28. The second kappa shape index (κ2) is 6.98. The van der Waals surface area contributed by atoms with E-state index >= 15 is 0 Å². The van der Waals surface area contributed by atoms with Crippen LogP contribution in [0.1, 0.15) is 30.2 Å². The summed E-state index contributed by atoms with van der Waals surface area (Å²) < 4.78 is 13.2. The number of halogens is 1. The summed E-state index contributed by atoms with van der Waals surface area (Å²) in [7, 11) is 0. The summed E-state index contributed by atoms with van der Waals surface area (Å²) >= 11 is 0. The maximum atomic E-state index is 13.2. The van der Waals surface area contributed by atoms with Crippen LogP contribution in [0.25, 0.3) is 0 Å². The number of rotatable bonds is 5. The van der Waals surface area contributed by atoms with E-state index in [1.807, 2.05) is 13.8 Å². The van der Waals surface area contributed by atoms with E-state index in [1.165, 1.54) is 12.1 Å². The van der Waals surface area contributed by atoms with Gasteiger partial charge in [-0.2, -0.15) is 0 Å². The van der Waals surface area contributed by atoms with Gasteiger partial charge < -0.3 is 10.2 Å². The van der Waals surface area contributed by atoms with Gasteiger partial charge in [-0.05, 0) is 39.0 Å². The molecule has 1 N–H and O–H groups in total. The van der Waals surface area contributed by atoms with Crippen molar-refractivity contribution in [2.45, 2.75) is 20.8 Å². The molecule has 5 nitrogen and oxygen atoms in total. The Morgan fingerprint density at radius 3 is 2.59 bits per heavy atom. The maximum Gasteiger partial charge on any atom is 0.272 e. The van der Waals surface area contributed by atoms with Crippen molar-refractivity contribution in [1.29, 1.82) is 0 Å². The molecule has 1 aromatic carbocycles. The fourth-order valence-electron chi connectivity index (χ4n) is 2.13. The number of aryl methyl sites for hydroxylation is 1. The van der Waals surface area contributed by atoms with Crippen LogP contribution < -0.4 is 5.32 Å². The van der Waals surface area contributed by atoms with Crippen LogP contribution in [0.2, 0.25) is 0 Å². The van der Waals surface area contributed by atoms with Gasteiger partial charge in [0.05, 0.1) is 0 Å². The van der Waals surface area contributed by atoms with E-state index in [-0.39, 0.29) is 11.7 Å². The molecule has 0 aliphatic rings. The fraction of sp³-hybridized carbons (Fsp3) is 0.312. The first kappa shape index (κ1) is 15.9. The largest absolute Gasteiger partial charge is 0.340 e. The van der Waals surface area contributed by atoms with Gasteiger partial charge in [-0.25, -0.2) is 14.4 Å². The molecule has 0 aliphatic heterocycles. The van der Waals surface area contributed by atoms with Gasteiger partial charge in [0.15, 0.2) is 0 Å². The lowest BCUT2D eigenvalue weighted by Gasteiger charge is -2.18. The molecule has 0 unspecified atom stereocenters. The van der Waals surface area contributed by atoms with Crippen molar-refractivity contribution >= 4 is 17.4 Å². The predicted octanol–water partition coefficient (Wildman–Crippen LogP) is 3.15. The number of nitrogens with one attached hydrogen (secondary N) is 1. The third kappa shape index (κ3) is 3.78. The molecule has 1 aromatic heterocycles. The summed E-state index contributed by atoms with van der Waals surface area (Å²) in [6.45, 7) is 6.79. The number of aromatic nitrogens is 2. The van der Waals surface area contributed by atoms with Crippen LogP contribution in [-0.4, -0.2) is 33.9 Å². The van der Waals surface area contributed by atoms with Crippen molar-refractivity contribution < 1.29 is 9.18 Å². The van der Waals surface area contributed by atoms with E-state index in [2.05, 4.69) is 15.3 Å². The molecule has 2 aromatic rings. The molecular weight excluding hydrogens is 283 g/mol. The summed E-state index contributed by atoms with van der Waals surface area (Å²) in [5.74, 6) is 0.471. The number of benzene rings is 1. The Labute approximate surface area is 129 Å². The van der Waals surface area contributed by atoms with E-state index in [1.54, 1.807) is 30.0 Å². The number of carbonyl (C=O) groups excluding carboxylic acids is 1. The highest BCUT2D eigenvalue weighted by atomic mass is 19.1. The zero-order valence-electron chi connectivity index (χ0n) is 12.9. The standard InChI is InChI=1S/C16H19FN4O/c1-4-21(5-2)16(22)14-10-15(19-11(3)18-14)20-13-8-6-7-12(17)9-13/h6-10H,4-5H2,1-3H3,(H,18,19,20). The van der Waals surface area contributed by atoms with Crippen LogP contribution >= 0.6 is 0 Å². The number of hydrogen-bond acceptors (Lipinski definition) is 4. The molecule has 0 saturated heterocycles. The smallest absolute Gasteiger partial charge is 0.272 e. The van der Waals surface area contributed by atoms with Gasteiger partial charge in [-0.1, -0.05) is 6.07 Å². The van der Waals surface area contributed by atoms with Crippen molar-refractivity contribution in [2.75, 3.05) is 18.4 Å². The SMILES string of the molecule is CCN(CC)C(=O)c1cc(Nc2cccc(F)c2)nc(C)n1. The monoisotopic (exact) mass is 302 g/mol. The number of hydrogen-bond donors (Lipinski definition) is 1. The fourth-order valence-corrected chi connectivity index (χ4v) is 2.13. The third-order valence-corrected chi connectivity index (χ3v) is 3.20. The van der Waals surface area contributed by atoms with E-state index in [9.17, 15) is 9.18 Å². The summed E-state index contributed by atoms with van der Waals surface area (Å²) in [5, 5.41) is 2.99. The first-order valence-corrected chi connectivity index (χ1v) is 7.21. The molecule has 22 heavy (non-hydrogen) atoms. The summed E-state index contributed by atoms with van der Waals surface area (Å²) in [5.41, 5.74) is 0.898. The number of nitrogens with zero attached hydrogens (tertiary/aromatic N) is 3. The Hall–Kier alpha value is -2.50. The van der Waals surface area contributed by atoms with Crippen LogP contribution in [-0.2, 0) is 0 Å². The molecule has 116 valence electrons. The Kier molecular flexibility index (Phi) is 5.04. The van der Waals surface area contributed by atoms with Gasteiger partial charge in [0.25, 0.3) is 5.91 Å². The van der Waals surface area contributed by atoms with Gasteiger partial charge in [-0.15, -0.1) is 0 Å². The highest BCUT2D eigenvalue weighted by Gasteiger charge is 2.15. The van der Waals surface area contributed by atoms with E-state index in [4.69, 9.17) is 0 Å². The van der Waals surface area contributed by atoms with E-state index < -0.39 is 0 Å². The molecule has 0 saturated carbocycles. The van der Waals surface area contributed by atoms with Crippen molar-refractivity contribution in [3.05, 3.63) is 47.7 Å². The highest BCUT2D eigenvalue weighted by Crippen LogP contribution is 2.17. The quantitative estimate of drug-likeness (QED) is 0.921. The molecular formula is C16H19FN4O. The van der Waals surface area contributed by atoms with E-state index in [0.29, 0.717) is 36.1 Å². The third-order valence-electron chi connectivity index (χ3n) is 3.20. The van der Waals surface area contributed by atoms with Gasteiger partial charge in [0.2, 0.25) is 0 Å².